The Balaban J connectivity index is 1.14. The zero-order chi connectivity index (χ0) is 40.1. The van der Waals surface area contributed by atoms with Gasteiger partial charge in [0, 0.05) is 77.9 Å². The summed E-state index contributed by atoms with van der Waals surface area (Å²) in [7, 11) is 4.86. The fraction of sp³-hybridized carbons (Fsp3) is 0.568. The third-order valence-electron chi connectivity index (χ3n) is 13.0. The number of rotatable bonds is 14. The van der Waals surface area contributed by atoms with Crippen molar-refractivity contribution < 1.29 is 28.6 Å². The molecule has 3 atom stereocenters. The van der Waals surface area contributed by atoms with Crippen molar-refractivity contribution in [2.45, 2.75) is 88.4 Å². The second-order valence-corrected chi connectivity index (χ2v) is 16.9. The Morgan fingerprint density at radius 3 is 2.00 bits per heavy atom. The molecule has 0 aliphatic carbocycles. The first-order valence-corrected chi connectivity index (χ1v) is 21.4. The van der Waals surface area contributed by atoms with E-state index in [9.17, 15) is 14.4 Å². The van der Waals surface area contributed by atoms with Crippen LogP contribution in [0.15, 0.2) is 65.0 Å². The molecule has 4 fully saturated rings. The number of piperidine rings is 1. The number of carbonyl (C=O) groups is 3. The summed E-state index contributed by atoms with van der Waals surface area (Å²) in [5.41, 5.74) is 3.71. The van der Waals surface area contributed by atoms with E-state index in [2.05, 4.69) is 39.2 Å². The third-order valence-corrected chi connectivity index (χ3v) is 13.6. The summed E-state index contributed by atoms with van der Waals surface area (Å²) < 4.78 is 16.9. The van der Waals surface area contributed by atoms with Gasteiger partial charge in [0.25, 0.3) is 0 Å². The van der Waals surface area contributed by atoms with Crippen molar-refractivity contribution in [1.29, 1.82) is 0 Å². The first-order valence-electron chi connectivity index (χ1n) is 20.6. The summed E-state index contributed by atoms with van der Waals surface area (Å²) >= 11 is 13.7. The molecule has 5 aliphatic rings. The Bertz CT molecular complexity index is 1820. The smallest absolute Gasteiger partial charge is 0.336 e. The molecule has 57 heavy (non-hydrogen) atoms. The molecule has 3 unspecified atom stereocenters. The van der Waals surface area contributed by atoms with Crippen molar-refractivity contribution in [3.63, 3.8) is 0 Å². The van der Waals surface area contributed by atoms with E-state index < -0.39 is 17.9 Å². The molecule has 1 N–H and O–H groups in total. The number of nitrogens with one attached hydrogen (secondary N) is 1. The molecule has 0 radical (unpaired) electrons. The van der Waals surface area contributed by atoms with Gasteiger partial charge in [-0.1, -0.05) is 53.5 Å². The van der Waals surface area contributed by atoms with Crippen LogP contribution in [0.25, 0.3) is 0 Å². The zero-order valence-electron chi connectivity index (χ0n) is 33.6. The lowest BCUT2D eigenvalue weighted by molar-refractivity contribution is -0.137. The number of likely N-dealkylation sites (tertiary alicyclic amines) is 1. The number of fused-ring (bicyclic) bond motifs is 2. The molecule has 0 spiro atoms. The molecule has 13 heteroatoms. The number of carbonyl (C=O) groups excluding carboxylic acids is 3. The van der Waals surface area contributed by atoms with Gasteiger partial charge >= 0.3 is 11.9 Å². The number of piperazine rings is 1. The first kappa shape index (κ1) is 41.7. The van der Waals surface area contributed by atoms with Crippen molar-refractivity contribution in [2.75, 3.05) is 73.7 Å². The molecule has 2 aromatic carbocycles. The van der Waals surface area contributed by atoms with Crippen molar-refractivity contribution >= 4 is 41.0 Å². The van der Waals surface area contributed by atoms with Gasteiger partial charge in [-0.3, -0.25) is 9.69 Å². The molecule has 2 bridgehead atoms. The number of hydrogen-bond donors (Lipinski definition) is 1. The standard InChI is InChI=1S/C44H57Cl2N5O6/c1-48-31-14-15-32(48)26-33(25-31)50-19-21-51(22-20-50)38(52)27-37-41(44(54)56-3)42(39-34(45)11-8-12-35(39)46)40(43(53)55-2)36(47-37)16-13-29-9-4-5-10-30(29)28-57-24-23-49-17-6-7-18-49/h4-5,8-12,31-33,42,47H,6-7,13-28H2,1-3H3. The highest BCUT2D eigenvalue weighted by Crippen LogP contribution is 2.46. The molecule has 4 saturated heterocycles. The number of amides is 1. The SMILES string of the molecule is COC(=O)C1=C(CCc2ccccc2COCCN2CCCC2)NC(CC(=O)N2CCN(C3CC4CCC(C3)N4C)CC2)=C(C(=O)OC)C1c1c(Cl)cccc1Cl. The molecule has 0 saturated carbocycles. The molecule has 7 rings (SSSR count). The number of methoxy groups -OCH3 is 2. The van der Waals surface area contributed by atoms with E-state index in [4.69, 9.17) is 37.4 Å². The fourth-order valence-corrected chi connectivity index (χ4v) is 10.4. The van der Waals surface area contributed by atoms with Crippen LogP contribution >= 0.6 is 23.2 Å². The Kier molecular flexibility index (Phi) is 14.0. The molecular formula is C44H57Cl2N5O6. The van der Waals surface area contributed by atoms with Crippen LogP contribution < -0.4 is 5.32 Å². The molecule has 11 nitrogen and oxygen atoms in total. The van der Waals surface area contributed by atoms with E-state index in [1.165, 1.54) is 52.7 Å². The number of nitrogens with zero attached hydrogens (tertiary/aromatic N) is 4. The largest absolute Gasteiger partial charge is 0.466 e. The minimum absolute atomic E-state index is 0.0965. The van der Waals surface area contributed by atoms with Gasteiger partial charge in [-0.25, -0.2) is 9.59 Å². The van der Waals surface area contributed by atoms with Crippen LogP contribution in [0.2, 0.25) is 10.0 Å². The number of dihydropyridines is 1. The van der Waals surface area contributed by atoms with Gasteiger partial charge < -0.3 is 34.2 Å². The average molecular weight is 823 g/mol. The molecule has 5 heterocycles. The maximum atomic E-state index is 14.2. The van der Waals surface area contributed by atoms with Gasteiger partial charge in [0.1, 0.15) is 0 Å². The predicted molar refractivity (Wildman–Crippen MR) is 221 cm³/mol. The lowest BCUT2D eigenvalue weighted by atomic mass is 9.78. The van der Waals surface area contributed by atoms with E-state index in [0.717, 1.165) is 43.9 Å². The average Bonchev–Trinajstić information content (AvgIpc) is 3.80. The van der Waals surface area contributed by atoms with Gasteiger partial charge in [-0.05, 0) is 94.8 Å². The Labute approximate surface area is 347 Å². The van der Waals surface area contributed by atoms with Crippen LogP contribution in [0.3, 0.4) is 0 Å². The lowest BCUT2D eigenvalue weighted by Gasteiger charge is -2.45. The van der Waals surface area contributed by atoms with Gasteiger partial charge in [-0.15, -0.1) is 0 Å². The van der Waals surface area contributed by atoms with Crippen molar-refractivity contribution in [1.82, 2.24) is 24.9 Å². The first-order chi connectivity index (χ1) is 27.7. The molecular weight excluding hydrogens is 765 g/mol. The van der Waals surface area contributed by atoms with Crippen molar-refractivity contribution in [3.8, 4) is 0 Å². The summed E-state index contributed by atoms with van der Waals surface area (Å²) in [5, 5.41) is 3.97. The number of halogens is 2. The highest BCUT2D eigenvalue weighted by atomic mass is 35.5. The third kappa shape index (κ3) is 9.40. The van der Waals surface area contributed by atoms with Gasteiger partial charge in [0.15, 0.2) is 0 Å². The Morgan fingerprint density at radius 1 is 0.754 bits per heavy atom. The van der Waals surface area contributed by atoms with Crippen LogP contribution in [0.4, 0.5) is 0 Å². The van der Waals surface area contributed by atoms with Gasteiger partial charge in [-0.2, -0.15) is 0 Å². The number of benzene rings is 2. The van der Waals surface area contributed by atoms with Crippen LogP contribution in [0, 0.1) is 0 Å². The summed E-state index contributed by atoms with van der Waals surface area (Å²) in [6.45, 7) is 7.12. The molecule has 1 amide bonds. The second-order valence-electron chi connectivity index (χ2n) is 16.1. The van der Waals surface area contributed by atoms with Crippen LogP contribution in [0.1, 0.15) is 74.0 Å². The summed E-state index contributed by atoms with van der Waals surface area (Å²) in [4.78, 5) is 51.5. The van der Waals surface area contributed by atoms with E-state index in [1.807, 2.05) is 17.0 Å². The minimum Gasteiger partial charge on any atom is -0.466 e. The summed E-state index contributed by atoms with van der Waals surface area (Å²) in [6, 6.07) is 15.0. The Hall–Kier alpha value is -3.45. The van der Waals surface area contributed by atoms with Crippen molar-refractivity contribution in [3.05, 3.63) is 91.7 Å². The number of ether oxygens (including phenoxy) is 3. The molecule has 2 aromatic rings. The predicted octanol–water partition coefficient (Wildman–Crippen LogP) is 5.94. The second kappa shape index (κ2) is 19.1. The maximum Gasteiger partial charge on any atom is 0.336 e. The fourth-order valence-electron chi connectivity index (χ4n) is 9.79. The number of hydrogen-bond acceptors (Lipinski definition) is 10. The number of allylic oxidation sites excluding steroid dienone is 1. The lowest BCUT2D eigenvalue weighted by Crippen LogP contribution is -2.56. The molecule has 0 aromatic heterocycles. The van der Waals surface area contributed by atoms with Crippen LogP contribution in [0.5, 0.6) is 0 Å². The highest BCUT2D eigenvalue weighted by Gasteiger charge is 2.43. The topological polar surface area (TPSA) is 104 Å². The van der Waals surface area contributed by atoms with Gasteiger partial charge in [0.2, 0.25) is 5.91 Å². The van der Waals surface area contributed by atoms with E-state index in [-0.39, 0.29) is 33.5 Å². The van der Waals surface area contributed by atoms with Crippen LogP contribution in [-0.4, -0.2) is 129 Å². The normalized spacial score (nSPS) is 24.5. The summed E-state index contributed by atoms with van der Waals surface area (Å²) in [6.07, 6.45) is 8.22. The quantitative estimate of drug-likeness (QED) is 0.182. The molecule has 308 valence electrons. The van der Waals surface area contributed by atoms with E-state index >= 15 is 0 Å². The minimum atomic E-state index is -1.05. The number of esters is 2. The Morgan fingerprint density at radius 2 is 1.37 bits per heavy atom. The van der Waals surface area contributed by atoms with Gasteiger partial charge in [0.05, 0.1) is 50.9 Å². The zero-order valence-corrected chi connectivity index (χ0v) is 35.1. The highest BCUT2D eigenvalue weighted by molar-refractivity contribution is 6.36. The van der Waals surface area contributed by atoms with E-state index in [1.54, 1.807) is 18.2 Å². The monoisotopic (exact) mass is 821 g/mol. The maximum absolute atomic E-state index is 14.2. The molecule has 5 aliphatic heterocycles. The number of aryl methyl sites for hydroxylation is 1. The van der Waals surface area contributed by atoms with Crippen molar-refractivity contribution in [2.24, 2.45) is 0 Å². The van der Waals surface area contributed by atoms with Crippen LogP contribution in [-0.2, 0) is 41.6 Å². The summed E-state index contributed by atoms with van der Waals surface area (Å²) in [5.74, 6) is -2.48. The van der Waals surface area contributed by atoms with E-state index in [0.29, 0.717) is 74.2 Å².